The normalized spacial score (nSPS) is 10.4. The van der Waals surface area contributed by atoms with E-state index in [-0.39, 0.29) is 5.97 Å². The van der Waals surface area contributed by atoms with Crippen LogP contribution in [0.1, 0.15) is 26.7 Å². The van der Waals surface area contributed by atoms with Gasteiger partial charge in [-0.3, -0.25) is 0 Å². The average Bonchev–Trinajstić information content (AvgIpc) is 2.01. The molecule has 0 aromatic carbocycles. The Balaban J connectivity index is 3.30. The van der Waals surface area contributed by atoms with Gasteiger partial charge in [-0.2, -0.15) is 5.48 Å². The van der Waals surface area contributed by atoms with Crippen LogP contribution in [0.4, 0.5) is 0 Å². The highest BCUT2D eigenvalue weighted by atomic mass is 16.7. The molecule has 0 aromatic rings. The van der Waals surface area contributed by atoms with Crippen molar-refractivity contribution in [3.8, 4) is 0 Å². The van der Waals surface area contributed by atoms with E-state index in [1.807, 2.05) is 13.8 Å². The molecule has 64 valence electrons. The van der Waals surface area contributed by atoms with E-state index in [1.165, 1.54) is 6.08 Å². The summed E-state index contributed by atoms with van der Waals surface area (Å²) in [5, 5.41) is 0. The Morgan fingerprint density at radius 3 is 2.82 bits per heavy atom. The zero-order valence-electron chi connectivity index (χ0n) is 7.09. The van der Waals surface area contributed by atoms with Crippen LogP contribution in [0, 0.1) is 0 Å². The Bertz CT molecular complexity index is 132. The van der Waals surface area contributed by atoms with Crippen LogP contribution >= 0.6 is 0 Å². The van der Waals surface area contributed by atoms with Crippen molar-refractivity contribution in [2.45, 2.75) is 26.7 Å². The number of allylic oxidation sites excluding steroid dienone is 1. The van der Waals surface area contributed by atoms with Crippen LogP contribution in [-0.4, -0.2) is 12.5 Å². The molecule has 0 spiro atoms. The smallest absolute Gasteiger partial charge is 0.349 e. The van der Waals surface area contributed by atoms with Crippen LogP contribution in [0.25, 0.3) is 0 Å². The molecule has 0 radical (unpaired) electrons. The van der Waals surface area contributed by atoms with E-state index in [0.29, 0.717) is 6.54 Å². The fourth-order valence-corrected chi connectivity index (χ4v) is 0.472. The van der Waals surface area contributed by atoms with E-state index in [1.54, 1.807) is 6.08 Å². The monoisotopic (exact) mass is 157 g/mol. The summed E-state index contributed by atoms with van der Waals surface area (Å²) in [6.45, 7) is 4.66. The summed E-state index contributed by atoms with van der Waals surface area (Å²) in [5.74, 6) is -0.333. The number of hydroxylamine groups is 1. The van der Waals surface area contributed by atoms with E-state index in [0.717, 1.165) is 12.8 Å². The molecular formula is C8H15NO2. The van der Waals surface area contributed by atoms with Crippen LogP contribution in [0.3, 0.4) is 0 Å². The summed E-state index contributed by atoms with van der Waals surface area (Å²) in [5.41, 5.74) is 2.54. The highest BCUT2D eigenvalue weighted by Crippen LogP contribution is 1.82. The standard InChI is InChI=1S/C8H15NO2/c1-3-5-6-8(10)11-9-7-4-2/h5-6,9H,3-4,7H2,1-2H3. The summed E-state index contributed by atoms with van der Waals surface area (Å²) in [6.07, 6.45) is 4.98. The van der Waals surface area contributed by atoms with Gasteiger partial charge in [-0.05, 0) is 12.8 Å². The van der Waals surface area contributed by atoms with Gasteiger partial charge < -0.3 is 4.84 Å². The van der Waals surface area contributed by atoms with Gasteiger partial charge >= 0.3 is 5.97 Å². The zero-order chi connectivity index (χ0) is 8.53. The lowest BCUT2D eigenvalue weighted by Crippen LogP contribution is -2.18. The second kappa shape index (κ2) is 7.28. The van der Waals surface area contributed by atoms with Gasteiger partial charge in [0.15, 0.2) is 0 Å². The molecule has 0 aliphatic heterocycles. The minimum atomic E-state index is -0.333. The van der Waals surface area contributed by atoms with E-state index < -0.39 is 0 Å². The molecule has 0 amide bonds. The van der Waals surface area contributed by atoms with Crippen LogP contribution < -0.4 is 5.48 Å². The highest BCUT2D eigenvalue weighted by Gasteiger charge is 1.92. The molecule has 0 fully saturated rings. The largest absolute Gasteiger partial charge is 0.367 e. The third-order valence-electron chi connectivity index (χ3n) is 1.01. The van der Waals surface area contributed by atoms with Gasteiger partial charge in [0.05, 0.1) is 0 Å². The first-order valence-electron chi connectivity index (χ1n) is 3.91. The number of hydrogen-bond donors (Lipinski definition) is 1. The Morgan fingerprint density at radius 1 is 1.55 bits per heavy atom. The topological polar surface area (TPSA) is 38.3 Å². The molecule has 0 atom stereocenters. The average molecular weight is 157 g/mol. The SMILES string of the molecule is CCC=CC(=O)ONCCC. The molecule has 3 nitrogen and oxygen atoms in total. The molecule has 0 aliphatic rings. The molecule has 1 N–H and O–H groups in total. The Morgan fingerprint density at radius 2 is 2.27 bits per heavy atom. The summed E-state index contributed by atoms with van der Waals surface area (Å²) in [7, 11) is 0. The maximum atomic E-state index is 10.7. The first kappa shape index (κ1) is 10.2. The summed E-state index contributed by atoms with van der Waals surface area (Å²) >= 11 is 0. The van der Waals surface area contributed by atoms with E-state index >= 15 is 0 Å². The van der Waals surface area contributed by atoms with Crippen molar-refractivity contribution >= 4 is 5.97 Å². The molecule has 0 rings (SSSR count). The number of hydrogen-bond acceptors (Lipinski definition) is 3. The van der Waals surface area contributed by atoms with E-state index in [9.17, 15) is 4.79 Å². The van der Waals surface area contributed by atoms with Crippen LogP contribution in [-0.2, 0) is 9.63 Å². The predicted octanol–water partition coefficient (Wildman–Crippen LogP) is 1.41. The molecular weight excluding hydrogens is 142 g/mol. The van der Waals surface area contributed by atoms with Crippen LogP contribution in [0.2, 0.25) is 0 Å². The van der Waals surface area contributed by atoms with Crippen molar-refractivity contribution in [2.24, 2.45) is 0 Å². The second-order valence-corrected chi connectivity index (χ2v) is 2.13. The molecule has 0 heterocycles. The zero-order valence-corrected chi connectivity index (χ0v) is 7.09. The minimum Gasteiger partial charge on any atom is -0.367 e. The highest BCUT2D eigenvalue weighted by molar-refractivity contribution is 5.81. The minimum absolute atomic E-state index is 0.333. The quantitative estimate of drug-likeness (QED) is 0.372. The fraction of sp³-hybridized carbons (Fsp3) is 0.625. The van der Waals surface area contributed by atoms with Crippen molar-refractivity contribution in [3.05, 3.63) is 12.2 Å². The fourth-order valence-electron chi connectivity index (χ4n) is 0.472. The van der Waals surface area contributed by atoms with E-state index in [2.05, 4.69) is 10.3 Å². The summed E-state index contributed by atoms with van der Waals surface area (Å²) in [4.78, 5) is 15.3. The van der Waals surface area contributed by atoms with E-state index in [4.69, 9.17) is 0 Å². The number of carbonyl (C=O) groups is 1. The third-order valence-corrected chi connectivity index (χ3v) is 1.01. The molecule has 0 unspecified atom stereocenters. The first-order chi connectivity index (χ1) is 5.31. The van der Waals surface area contributed by atoms with Gasteiger partial charge in [-0.15, -0.1) is 0 Å². The maximum Gasteiger partial charge on any atom is 0.349 e. The van der Waals surface area contributed by atoms with Crippen molar-refractivity contribution < 1.29 is 9.63 Å². The number of rotatable bonds is 5. The summed E-state index contributed by atoms with van der Waals surface area (Å²) < 4.78 is 0. The summed E-state index contributed by atoms with van der Waals surface area (Å²) in [6, 6.07) is 0. The van der Waals surface area contributed by atoms with Crippen LogP contribution in [0.5, 0.6) is 0 Å². The van der Waals surface area contributed by atoms with Crippen molar-refractivity contribution in [3.63, 3.8) is 0 Å². The molecule has 0 saturated heterocycles. The maximum absolute atomic E-state index is 10.7. The second-order valence-electron chi connectivity index (χ2n) is 2.13. The third kappa shape index (κ3) is 7.06. The Hall–Kier alpha value is -0.830. The molecule has 3 heteroatoms. The van der Waals surface area contributed by atoms with Gasteiger partial charge in [0.1, 0.15) is 0 Å². The molecule has 0 aromatic heterocycles. The van der Waals surface area contributed by atoms with Gasteiger partial charge in [0, 0.05) is 12.6 Å². The lowest BCUT2D eigenvalue weighted by Gasteiger charge is -1.99. The Kier molecular flexibility index (Phi) is 6.73. The molecule has 0 aliphatic carbocycles. The molecule has 11 heavy (non-hydrogen) atoms. The van der Waals surface area contributed by atoms with Gasteiger partial charge in [-0.1, -0.05) is 19.9 Å². The van der Waals surface area contributed by atoms with Crippen molar-refractivity contribution in [1.29, 1.82) is 0 Å². The lowest BCUT2D eigenvalue weighted by atomic mass is 10.4. The van der Waals surface area contributed by atoms with Gasteiger partial charge in [0.25, 0.3) is 0 Å². The lowest BCUT2D eigenvalue weighted by molar-refractivity contribution is -0.144. The Labute approximate surface area is 67.4 Å². The van der Waals surface area contributed by atoms with Gasteiger partial charge in [-0.25, -0.2) is 4.79 Å². The van der Waals surface area contributed by atoms with Gasteiger partial charge in [0.2, 0.25) is 0 Å². The van der Waals surface area contributed by atoms with Crippen molar-refractivity contribution in [1.82, 2.24) is 5.48 Å². The van der Waals surface area contributed by atoms with Crippen molar-refractivity contribution in [2.75, 3.05) is 6.54 Å². The number of carbonyl (C=O) groups excluding carboxylic acids is 1. The number of nitrogens with one attached hydrogen (secondary N) is 1. The molecule has 0 saturated carbocycles. The van der Waals surface area contributed by atoms with Crippen LogP contribution in [0.15, 0.2) is 12.2 Å². The first-order valence-corrected chi connectivity index (χ1v) is 3.91. The molecule has 0 bridgehead atoms. The predicted molar refractivity (Wildman–Crippen MR) is 43.8 cm³/mol.